The summed E-state index contributed by atoms with van der Waals surface area (Å²) in [7, 11) is 0. The highest BCUT2D eigenvalue weighted by Gasteiger charge is 1.99. The molecule has 0 bridgehead atoms. The zero-order valence-corrected chi connectivity index (χ0v) is 10.4. The maximum atomic E-state index is 4.23. The summed E-state index contributed by atoms with van der Waals surface area (Å²) >= 11 is 6.64. The molecule has 13 heavy (non-hydrogen) atoms. The first-order valence-corrected chi connectivity index (χ1v) is 5.37. The highest BCUT2D eigenvalue weighted by molar-refractivity contribution is 9.11. The molecule has 1 heterocycles. The van der Waals surface area contributed by atoms with E-state index in [2.05, 4.69) is 48.7 Å². The summed E-state index contributed by atoms with van der Waals surface area (Å²) in [6.07, 6.45) is 1.77. The fourth-order valence-electron chi connectivity index (χ4n) is 0.905. The van der Waals surface area contributed by atoms with Gasteiger partial charge in [0.25, 0.3) is 0 Å². The van der Waals surface area contributed by atoms with Gasteiger partial charge in [0.15, 0.2) is 0 Å². The van der Waals surface area contributed by atoms with Gasteiger partial charge in [-0.05, 0) is 34.5 Å². The number of halogens is 2. The lowest BCUT2D eigenvalue weighted by Gasteiger charge is -2.07. The van der Waals surface area contributed by atoms with Crippen molar-refractivity contribution in [1.29, 1.82) is 0 Å². The number of nitrogens with zero attached hydrogens (tertiary/aromatic N) is 1. The second kappa shape index (κ2) is 4.77. The molecule has 1 aromatic heterocycles. The van der Waals surface area contributed by atoms with E-state index in [-0.39, 0.29) is 0 Å². The Morgan fingerprint density at radius 1 is 1.69 bits per heavy atom. The number of aromatic nitrogens is 1. The molecule has 70 valence electrons. The molecule has 1 rings (SSSR count). The van der Waals surface area contributed by atoms with E-state index in [0.717, 1.165) is 20.3 Å². The van der Waals surface area contributed by atoms with Crippen molar-refractivity contribution in [2.75, 3.05) is 11.9 Å². The van der Waals surface area contributed by atoms with Crippen LogP contribution < -0.4 is 5.32 Å². The minimum atomic E-state index is 0.690. The zero-order chi connectivity index (χ0) is 9.84. The fourth-order valence-corrected chi connectivity index (χ4v) is 1.49. The molecule has 0 aliphatic carbocycles. The first kappa shape index (κ1) is 10.7. The third-order valence-corrected chi connectivity index (χ3v) is 2.21. The number of anilines is 1. The standard InChI is InChI=1S/C9H10Br2N2/c1-6-3-8(11)5-13-9(6)12-4-7(2)10/h3,5H,2,4H2,1H3,(H,12,13). The van der Waals surface area contributed by atoms with Crippen molar-refractivity contribution in [3.63, 3.8) is 0 Å². The van der Waals surface area contributed by atoms with Gasteiger partial charge in [-0.1, -0.05) is 22.5 Å². The van der Waals surface area contributed by atoms with E-state index >= 15 is 0 Å². The average Bonchev–Trinajstić information content (AvgIpc) is 2.02. The molecule has 0 radical (unpaired) electrons. The molecule has 0 fully saturated rings. The van der Waals surface area contributed by atoms with Crippen LogP contribution in [0.25, 0.3) is 0 Å². The van der Waals surface area contributed by atoms with Gasteiger partial charge in [-0.2, -0.15) is 0 Å². The lowest BCUT2D eigenvalue weighted by molar-refractivity contribution is 1.18. The zero-order valence-electron chi connectivity index (χ0n) is 7.27. The van der Waals surface area contributed by atoms with E-state index in [9.17, 15) is 0 Å². The molecular weight excluding hydrogens is 296 g/mol. The first-order chi connectivity index (χ1) is 6.09. The second-order valence-corrected chi connectivity index (χ2v) is 4.73. The van der Waals surface area contributed by atoms with Crippen LogP contribution in [-0.2, 0) is 0 Å². The van der Waals surface area contributed by atoms with Crippen LogP contribution >= 0.6 is 31.9 Å². The molecule has 1 aromatic rings. The third kappa shape index (κ3) is 3.48. The van der Waals surface area contributed by atoms with Crippen molar-refractivity contribution in [2.45, 2.75) is 6.92 Å². The van der Waals surface area contributed by atoms with Gasteiger partial charge in [0, 0.05) is 21.7 Å². The largest absolute Gasteiger partial charge is 0.365 e. The number of aryl methyl sites for hydroxylation is 1. The molecule has 0 unspecified atom stereocenters. The molecule has 0 saturated heterocycles. The van der Waals surface area contributed by atoms with Crippen LogP contribution in [0.1, 0.15) is 5.56 Å². The smallest absolute Gasteiger partial charge is 0.129 e. The highest BCUT2D eigenvalue weighted by Crippen LogP contribution is 2.17. The van der Waals surface area contributed by atoms with Gasteiger partial charge in [-0.15, -0.1) is 0 Å². The van der Waals surface area contributed by atoms with Gasteiger partial charge < -0.3 is 5.32 Å². The Morgan fingerprint density at radius 3 is 2.92 bits per heavy atom. The maximum absolute atomic E-state index is 4.23. The number of nitrogens with one attached hydrogen (secondary N) is 1. The highest BCUT2D eigenvalue weighted by atomic mass is 79.9. The second-order valence-electron chi connectivity index (χ2n) is 2.69. The van der Waals surface area contributed by atoms with Crippen molar-refractivity contribution >= 4 is 37.7 Å². The lowest BCUT2D eigenvalue weighted by Crippen LogP contribution is -2.04. The molecule has 0 atom stereocenters. The molecule has 0 aliphatic rings. The summed E-state index contributed by atoms with van der Waals surface area (Å²) in [5.74, 6) is 0.892. The Labute approximate surface area is 94.7 Å². The number of hydrogen-bond donors (Lipinski definition) is 1. The molecule has 0 amide bonds. The van der Waals surface area contributed by atoms with Gasteiger partial charge >= 0.3 is 0 Å². The third-order valence-electron chi connectivity index (χ3n) is 1.49. The maximum Gasteiger partial charge on any atom is 0.129 e. The van der Waals surface area contributed by atoms with E-state index in [0.29, 0.717) is 6.54 Å². The van der Waals surface area contributed by atoms with Crippen LogP contribution in [0.5, 0.6) is 0 Å². The van der Waals surface area contributed by atoms with Gasteiger partial charge in [-0.3, -0.25) is 0 Å². The summed E-state index contributed by atoms with van der Waals surface area (Å²) in [5.41, 5.74) is 1.11. The molecule has 0 aromatic carbocycles. The fraction of sp³-hybridized carbons (Fsp3) is 0.222. The molecule has 2 nitrogen and oxygen atoms in total. The normalized spacial score (nSPS) is 9.77. The van der Waals surface area contributed by atoms with E-state index < -0.39 is 0 Å². The van der Waals surface area contributed by atoms with Crippen molar-refractivity contribution in [1.82, 2.24) is 4.98 Å². The molecule has 0 spiro atoms. The topological polar surface area (TPSA) is 24.9 Å². The Morgan fingerprint density at radius 2 is 2.38 bits per heavy atom. The summed E-state index contributed by atoms with van der Waals surface area (Å²) in [6, 6.07) is 2.02. The average molecular weight is 306 g/mol. The van der Waals surface area contributed by atoms with E-state index in [4.69, 9.17) is 0 Å². The number of rotatable bonds is 3. The summed E-state index contributed by atoms with van der Waals surface area (Å²) in [4.78, 5) is 4.23. The summed E-state index contributed by atoms with van der Waals surface area (Å²) in [6.45, 7) is 6.44. The van der Waals surface area contributed by atoms with Crippen molar-refractivity contribution in [3.8, 4) is 0 Å². The van der Waals surface area contributed by atoms with Crippen molar-refractivity contribution < 1.29 is 0 Å². The Balaban J connectivity index is 2.72. The monoisotopic (exact) mass is 304 g/mol. The van der Waals surface area contributed by atoms with Crippen LogP contribution in [0.15, 0.2) is 27.8 Å². The molecule has 0 aliphatic heterocycles. The van der Waals surface area contributed by atoms with Gasteiger partial charge in [0.05, 0.1) is 0 Å². The summed E-state index contributed by atoms with van der Waals surface area (Å²) in [5, 5.41) is 3.16. The molecular formula is C9H10Br2N2. The van der Waals surface area contributed by atoms with Gasteiger partial charge in [0.2, 0.25) is 0 Å². The van der Waals surface area contributed by atoms with Crippen LogP contribution in [0.2, 0.25) is 0 Å². The quantitative estimate of drug-likeness (QED) is 0.925. The number of pyridine rings is 1. The minimum Gasteiger partial charge on any atom is -0.365 e. The molecule has 1 N–H and O–H groups in total. The Kier molecular flexibility index (Phi) is 3.93. The predicted octanol–water partition coefficient (Wildman–Crippen LogP) is 3.47. The van der Waals surface area contributed by atoms with Crippen LogP contribution in [-0.4, -0.2) is 11.5 Å². The number of hydrogen-bond acceptors (Lipinski definition) is 2. The van der Waals surface area contributed by atoms with Crippen molar-refractivity contribution in [3.05, 3.63) is 33.4 Å². The van der Waals surface area contributed by atoms with E-state index in [1.165, 1.54) is 0 Å². The van der Waals surface area contributed by atoms with Crippen LogP contribution in [0.3, 0.4) is 0 Å². The van der Waals surface area contributed by atoms with Crippen LogP contribution in [0, 0.1) is 6.92 Å². The molecule has 0 saturated carbocycles. The summed E-state index contributed by atoms with van der Waals surface area (Å²) < 4.78 is 1.91. The molecule has 4 heteroatoms. The minimum absolute atomic E-state index is 0.690. The van der Waals surface area contributed by atoms with Crippen molar-refractivity contribution in [2.24, 2.45) is 0 Å². The Bertz CT molecular complexity index is 323. The van der Waals surface area contributed by atoms with Gasteiger partial charge in [0.1, 0.15) is 5.82 Å². The predicted molar refractivity (Wildman–Crippen MR) is 63.2 cm³/mol. The van der Waals surface area contributed by atoms with Crippen LogP contribution in [0.4, 0.5) is 5.82 Å². The van der Waals surface area contributed by atoms with Gasteiger partial charge in [-0.25, -0.2) is 4.98 Å². The SMILES string of the molecule is C=C(Br)CNc1ncc(Br)cc1C. The lowest BCUT2D eigenvalue weighted by atomic mass is 10.3. The van der Waals surface area contributed by atoms with E-state index in [1.807, 2.05) is 13.0 Å². The first-order valence-electron chi connectivity index (χ1n) is 3.79. The Hall–Kier alpha value is -0.350. The van der Waals surface area contributed by atoms with E-state index in [1.54, 1.807) is 6.20 Å².